The Morgan fingerprint density at radius 1 is 1.56 bits per heavy atom. The molecular formula is C13H17N3O2. The molecule has 0 aliphatic rings. The highest BCUT2D eigenvalue weighted by atomic mass is 16.3. The molecule has 5 nitrogen and oxygen atoms in total. The van der Waals surface area contributed by atoms with Crippen LogP contribution in [0.4, 0.5) is 5.69 Å². The predicted molar refractivity (Wildman–Crippen MR) is 71.3 cm³/mol. The maximum absolute atomic E-state index is 11.9. The maximum Gasteiger partial charge on any atom is 0.267 e. The van der Waals surface area contributed by atoms with Crippen LogP contribution in [0.25, 0.3) is 10.9 Å². The number of aliphatic hydroxyl groups is 1. The molecule has 2 rings (SSSR count). The lowest BCUT2D eigenvalue weighted by Crippen LogP contribution is -2.31. The summed E-state index contributed by atoms with van der Waals surface area (Å²) in [6, 6.07) is 7.26. The number of carbonyl (C=O) groups is 1. The van der Waals surface area contributed by atoms with Gasteiger partial charge in [0.2, 0.25) is 0 Å². The number of anilines is 1. The van der Waals surface area contributed by atoms with E-state index in [0.717, 1.165) is 10.9 Å². The van der Waals surface area contributed by atoms with Crippen LogP contribution in [0.2, 0.25) is 0 Å². The molecule has 1 heterocycles. The average molecular weight is 247 g/mol. The molecule has 0 saturated heterocycles. The Bertz CT molecular complexity index is 562. The lowest BCUT2D eigenvalue weighted by molar-refractivity contribution is 0.0910. The Morgan fingerprint density at radius 3 is 3.00 bits per heavy atom. The fourth-order valence-electron chi connectivity index (χ4n) is 1.75. The number of aliphatic hydroxyl groups excluding tert-OH is 1. The first-order valence-corrected chi connectivity index (χ1v) is 5.95. The molecule has 2 aromatic rings. The van der Waals surface area contributed by atoms with Crippen molar-refractivity contribution in [2.24, 2.45) is 0 Å². The number of fused-ring (bicyclic) bond motifs is 1. The number of hydrogen-bond donors (Lipinski definition) is 4. The highest BCUT2D eigenvalue weighted by molar-refractivity contribution is 6.00. The van der Waals surface area contributed by atoms with Gasteiger partial charge < -0.3 is 21.1 Å². The lowest BCUT2D eigenvalue weighted by atomic mass is 10.2. The van der Waals surface area contributed by atoms with Gasteiger partial charge in [-0.25, -0.2) is 0 Å². The molecule has 0 aliphatic heterocycles. The normalized spacial score (nSPS) is 12.6. The molecule has 18 heavy (non-hydrogen) atoms. The van der Waals surface area contributed by atoms with E-state index in [1.807, 2.05) is 19.1 Å². The van der Waals surface area contributed by atoms with E-state index >= 15 is 0 Å². The van der Waals surface area contributed by atoms with Crippen molar-refractivity contribution in [1.29, 1.82) is 0 Å². The zero-order valence-electron chi connectivity index (χ0n) is 10.2. The number of H-pyrrole nitrogens is 1. The number of para-hydroxylation sites is 1. The van der Waals surface area contributed by atoms with E-state index in [9.17, 15) is 9.90 Å². The molecule has 1 atom stereocenters. The van der Waals surface area contributed by atoms with Crippen LogP contribution in [0.1, 0.15) is 23.8 Å². The topological polar surface area (TPSA) is 91.1 Å². The van der Waals surface area contributed by atoms with Gasteiger partial charge in [-0.15, -0.1) is 0 Å². The summed E-state index contributed by atoms with van der Waals surface area (Å²) in [7, 11) is 0. The Hall–Kier alpha value is -2.01. The fourth-order valence-corrected chi connectivity index (χ4v) is 1.75. The van der Waals surface area contributed by atoms with Crippen LogP contribution in [-0.4, -0.2) is 28.6 Å². The van der Waals surface area contributed by atoms with Gasteiger partial charge in [0.05, 0.1) is 17.3 Å². The molecular weight excluding hydrogens is 230 g/mol. The molecule has 1 aromatic carbocycles. The van der Waals surface area contributed by atoms with Crippen molar-refractivity contribution in [3.63, 3.8) is 0 Å². The summed E-state index contributed by atoms with van der Waals surface area (Å²) >= 11 is 0. The molecule has 0 aliphatic carbocycles. The molecule has 0 radical (unpaired) electrons. The van der Waals surface area contributed by atoms with Crippen molar-refractivity contribution >= 4 is 22.5 Å². The molecule has 0 bridgehead atoms. The highest BCUT2D eigenvalue weighted by Crippen LogP contribution is 2.20. The van der Waals surface area contributed by atoms with E-state index in [1.165, 1.54) is 0 Å². The summed E-state index contributed by atoms with van der Waals surface area (Å²) in [6.45, 7) is 2.11. The minimum absolute atomic E-state index is 0.238. The first-order chi connectivity index (χ1) is 8.61. The van der Waals surface area contributed by atoms with Crippen LogP contribution in [0.3, 0.4) is 0 Å². The van der Waals surface area contributed by atoms with E-state index in [0.29, 0.717) is 17.8 Å². The number of aromatic nitrogens is 1. The number of carbonyl (C=O) groups excluding carboxylic acids is 1. The van der Waals surface area contributed by atoms with Gasteiger partial charge in [0.15, 0.2) is 0 Å². The second kappa shape index (κ2) is 5.10. The van der Waals surface area contributed by atoms with Crippen molar-refractivity contribution in [2.45, 2.75) is 19.4 Å². The minimum Gasteiger partial charge on any atom is -0.397 e. The van der Waals surface area contributed by atoms with E-state index in [-0.39, 0.29) is 12.5 Å². The number of benzene rings is 1. The van der Waals surface area contributed by atoms with Gasteiger partial charge in [0.1, 0.15) is 5.69 Å². The summed E-state index contributed by atoms with van der Waals surface area (Å²) in [5.74, 6) is -0.238. The van der Waals surface area contributed by atoms with Gasteiger partial charge in [-0.1, -0.05) is 19.1 Å². The van der Waals surface area contributed by atoms with Gasteiger partial charge in [-0.2, -0.15) is 0 Å². The molecule has 5 heteroatoms. The van der Waals surface area contributed by atoms with E-state index < -0.39 is 6.10 Å². The molecule has 1 amide bonds. The SMILES string of the molecule is CCC(O)CNC(=O)c1cc2cccc(N)c2[nH]1. The Morgan fingerprint density at radius 2 is 2.33 bits per heavy atom. The van der Waals surface area contributed by atoms with E-state index in [1.54, 1.807) is 12.1 Å². The van der Waals surface area contributed by atoms with Gasteiger partial charge in [-0.3, -0.25) is 4.79 Å². The highest BCUT2D eigenvalue weighted by Gasteiger charge is 2.11. The zero-order valence-corrected chi connectivity index (χ0v) is 10.2. The summed E-state index contributed by atoms with van der Waals surface area (Å²) in [5, 5.41) is 13.0. The fraction of sp³-hybridized carbons (Fsp3) is 0.308. The third-order valence-corrected chi connectivity index (χ3v) is 2.90. The summed E-state index contributed by atoms with van der Waals surface area (Å²) in [6.07, 6.45) is 0.100. The van der Waals surface area contributed by atoms with Crippen molar-refractivity contribution in [1.82, 2.24) is 10.3 Å². The summed E-state index contributed by atoms with van der Waals surface area (Å²) in [5.41, 5.74) is 7.63. The van der Waals surface area contributed by atoms with Crippen molar-refractivity contribution in [2.75, 3.05) is 12.3 Å². The van der Waals surface area contributed by atoms with Crippen LogP contribution in [-0.2, 0) is 0 Å². The van der Waals surface area contributed by atoms with Crippen molar-refractivity contribution in [3.05, 3.63) is 30.0 Å². The Balaban J connectivity index is 2.16. The molecule has 5 N–H and O–H groups in total. The van der Waals surface area contributed by atoms with Crippen LogP contribution < -0.4 is 11.1 Å². The molecule has 0 saturated carbocycles. The van der Waals surface area contributed by atoms with Crippen molar-refractivity contribution < 1.29 is 9.90 Å². The van der Waals surface area contributed by atoms with Crippen LogP contribution in [0.15, 0.2) is 24.3 Å². The monoisotopic (exact) mass is 247 g/mol. The van der Waals surface area contributed by atoms with Gasteiger partial charge >= 0.3 is 0 Å². The smallest absolute Gasteiger partial charge is 0.267 e. The standard InChI is InChI=1S/C13H17N3O2/c1-2-9(17)7-15-13(18)11-6-8-4-3-5-10(14)12(8)16-11/h3-6,9,16-17H,2,7,14H2,1H3,(H,15,18). The molecule has 1 aromatic heterocycles. The zero-order chi connectivity index (χ0) is 13.1. The van der Waals surface area contributed by atoms with E-state index in [2.05, 4.69) is 10.3 Å². The largest absolute Gasteiger partial charge is 0.397 e. The average Bonchev–Trinajstić information content (AvgIpc) is 2.81. The first kappa shape index (κ1) is 12.4. The van der Waals surface area contributed by atoms with E-state index in [4.69, 9.17) is 5.73 Å². The quantitative estimate of drug-likeness (QED) is 0.613. The molecule has 1 unspecified atom stereocenters. The third kappa shape index (κ3) is 2.46. The molecule has 0 fully saturated rings. The lowest BCUT2D eigenvalue weighted by Gasteiger charge is -2.08. The number of rotatable bonds is 4. The van der Waals surface area contributed by atoms with Crippen LogP contribution in [0.5, 0.6) is 0 Å². The number of nitrogen functional groups attached to an aromatic ring is 1. The minimum atomic E-state index is -0.511. The third-order valence-electron chi connectivity index (χ3n) is 2.90. The van der Waals surface area contributed by atoms with Crippen molar-refractivity contribution in [3.8, 4) is 0 Å². The number of amides is 1. The first-order valence-electron chi connectivity index (χ1n) is 5.95. The number of nitrogens with two attached hydrogens (primary N) is 1. The van der Waals surface area contributed by atoms with Gasteiger partial charge in [-0.05, 0) is 18.6 Å². The molecule has 0 spiro atoms. The van der Waals surface area contributed by atoms with Gasteiger partial charge in [0.25, 0.3) is 5.91 Å². The maximum atomic E-state index is 11.9. The van der Waals surface area contributed by atoms with Gasteiger partial charge in [0, 0.05) is 11.9 Å². The number of aromatic amines is 1. The predicted octanol–water partition coefficient (Wildman–Crippen LogP) is 1.25. The second-order valence-electron chi connectivity index (χ2n) is 4.27. The molecule has 96 valence electrons. The van der Waals surface area contributed by atoms with Crippen LogP contribution in [0, 0.1) is 0 Å². The Labute approximate surface area is 105 Å². The number of hydrogen-bond acceptors (Lipinski definition) is 3. The Kier molecular flexibility index (Phi) is 3.53. The number of nitrogens with one attached hydrogen (secondary N) is 2. The summed E-state index contributed by atoms with van der Waals surface area (Å²) in [4.78, 5) is 14.8. The van der Waals surface area contributed by atoms with Crippen LogP contribution >= 0.6 is 0 Å². The second-order valence-corrected chi connectivity index (χ2v) is 4.27. The summed E-state index contributed by atoms with van der Waals surface area (Å²) < 4.78 is 0.